The molecule has 0 atom stereocenters. The van der Waals surface area contributed by atoms with E-state index in [0.717, 1.165) is 13.1 Å². The summed E-state index contributed by atoms with van der Waals surface area (Å²) in [5.41, 5.74) is 0.640. The van der Waals surface area contributed by atoms with Gasteiger partial charge in [-0.25, -0.2) is 9.59 Å². The molecule has 4 saturated carbocycles. The van der Waals surface area contributed by atoms with Crippen molar-refractivity contribution in [2.45, 2.75) is 153 Å². The van der Waals surface area contributed by atoms with Crippen LogP contribution in [0.15, 0.2) is 24.3 Å². The fourth-order valence-electron chi connectivity index (χ4n) is 8.46. The molecule has 234 valence electrons. The normalized spacial score (nSPS) is 22.0. The first kappa shape index (κ1) is 31.5. The molecule has 0 aliphatic heterocycles. The van der Waals surface area contributed by atoms with Gasteiger partial charge < -0.3 is 9.47 Å². The van der Waals surface area contributed by atoms with E-state index in [1.54, 1.807) is 24.3 Å². The lowest BCUT2D eigenvalue weighted by Crippen LogP contribution is -2.47. The van der Waals surface area contributed by atoms with Gasteiger partial charge in [0.1, 0.15) is 13.2 Å². The predicted octanol–water partition coefficient (Wildman–Crippen LogP) is 7.94. The zero-order chi connectivity index (χ0) is 29.0. The van der Waals surface area contributed by atoms with E-state index < -0.39 is 11.9 Å². The third kappa shape index (κ3) is 8.81. The molecule has 0 bridgehead atoms. The minimum atomic E-state index is -0.416. The zero-order valence-electron chi connectivity index (χ0n) is 26.1. The van der Waals surface area contributed by atoms with Crippen molar-refractivity contribution in [1.29, 1.82) is 0 Å². The third-order valence-electron chi connectivity index (χ3n) is 10.7. The first-order valence-corrected chi connectivity index (χ1v) is 17.7. The van der Waals surface area contributed by atoms with Gasteiger partial charge >= 0.3 is 11.9 Å². The average Bonchev–Trinajstić information content (AvgIpc) is 3.06. The van der Waals surface area contributed by atoms with Crippen molar-refractivity contribution in [3.8, 4) is 0 Å². The van der Waals surface area contributed by atoms with Crippen LogP contribution in [0.5, 0.6) is 0 Å². The van der Waals surface area contributed by atoms with E-state index in [-0.39, 0.29) is 0 Å². The second-order valence-corrected chi connectivity index (χ2v) is 13.5. The number of hydrogen-bond donors (Lipinski definition) is 0. The maximum atomic E-state index is 13.2. The molecule has 42 heavy (non-hydrogen) atoms. The van der Waals surface area contributed by atoms with Crippen LogP contribution in [0.25, 0.3) is 0 Å². The van der Waals surface area contributed by atoms with Gasteiger partial charge in [0.15, 0.2) is 0 Å². The Morgan fingerprint density at radius 2 is 0.786 bits per heavy atom. The van der Waals surface area contributed by atoms with E-state index in [0.29, 0.717) is 48.5 Å². The standard InChI is InChI=1S/C36H56N2O4/c39-35(41-27-25-37(29-15-5-1-6-16-29)30-17-7-2-8-18-30)33-23-13-14-24-34(33)36(40)42-28-26-38(31-19-9-3-10-20-31)32-21-11-4-12-22-32/h13-14,23-24,29-32H,1-12,15-22,25-28H2. The lowest BCUT2D eigenvalue weighted by molar-refractivity contribution is 0.0259. The van der Waals surface area contributed by atoms with E-state index in [1.165, 1.54) is 128 Å². The monoisotopic (exact) mass is 580 g/mol. The van der Waals surface area contributed by atoms with Gasteiger partial charge in [0.2, 0.25) is 0 Å². The van der Waals surface area contributed by atoms with Crippen LogP contribution >= 0.6 is 0 Å². The van der Waals surface area contributed by atoms with Crippen molar-refractivity contribution in [2.24, 2.45) is 0 Å². The van der Waals surface area contributed by atoms with Crippen molar-refractivity contribution in [2.75, 3.05) is 26.3 Å². The molecule has 0 radical (unpaired) electrons. The van der Waals surface area contributed by atoms with Crippen molar-refractivity contribution < 1.29 is 19.1 Å². The van der Waals surface area contributed by atoms with Gasteiger partial charge in [0.05, 0.1) is 11.1 Å². The van der Waals surface area contributed by atoms with Crippen LogP contribution in [0.4, 0.5) is 0 Å². The first-order chi connectivity index (χ1) is 20.7. The Labute approximate surface area is 254 Å². The van der Waals surface area contributed by atoms with Crippen LogP contribution in [0.1, 0.15) is 149 Å². The van der Waals surface area contributed by atoms with Crippen LogP contribution in [0, 0.1) is 0 Å². The maximum absolute atomic E-state index is 13.2. The van der Waals surface area contributed by atoms with Crippen LogP contribution in [0.3, 0.4) is 0 Å². The topological polar surface area (TPSA) is 59.1 Å². The second-order valence-electron chi connectivity index (χ2n) is 13.5. The van der Waals surface area contributed by atoms with Gasteiger partial charge in [0, 0.05) is 37.3 Å². The van der Waals surface area contributed by atoms with Crippen LogP contribution in [-0.2, 0) is 9.47 Å². The summed E-state index contributed by atoms with van der Waals surface area (Å²) in [5, 5.41) is 0. The van der Waals surface area contributed by atoms with Crippen LogP contribution in [-0.4, -0.2) is 72.2 Å². The van der Waals surface area contributed by atoms with Gasteiger partial charge in [-0.1, -0.05) is 89.2 Å². The molecule has 6 heteroatoms. The van der Waals surface area contributed by atoms with E-state index >= 15 is 0 Å². The molecule has 6 nitrogen and oxygen atoms in total. The van der Waals surface area contributed by atoms with Crippen molar-refractivity contribution in [3.63, 3.8) is 0 Å². The van der Waals surface area contributed by atoms with E-state index in [9.17, 15) is 9.59 Å². The quantitative estimate of drug-likeness (QED) is 0.234. The SMILES string of the molecule is O=C(OCCN(C1CCCCC1)C1CCCCC1)c1ccccc1C(=O)OCCN(C1CCCCC1)C1CCCCC1. The molecule has 1 aromatic rings. The van der Waals surface area contributed by atoms with E-state index in [1.807, 2.05) is 0 Å². The number of ether oxygens (including phenoxy) is 2. The Kier molecular flexibility index (Phi) is 12.6. The molecule has 4 aliphatic carbocycles. The van der Waals surface area contributed by atoms with E-state index in [4.69, 9.17) is 9.47 Å². The smallest absolute Gasteiger partial charge is 0.339 e. The molecule has 4 aliphatic rings. The molecule has 4 fully saturated rings. The molecular weight excluding hydrogens is 524 g/mol. The maximum Gasteiger partial charge on any atom is 0.339 e. The fourth-order valence-corrected chi connectivity index (χ4v) is 8.46. The van der Waals surface area contributed by atoms with Crippen molar-refractivity contribution >= 4 is 11.9 Å². The summed E-state index contributed by atoms with van der Waals surface area (Å²) >= 11 is 0. The van der Waals surface area contributed by atoms with E-state index in [2.05, 4.69) is 9.80 Å². The minimum Gasteiger partial charge on any atom is -0.461 e. The second kappa shape index (κ2) is 16.8. The third-order valence-corrected chi connectivity index (χ3v) is 10.7. The Balaban J connectivity index is 1.14. The molecule has 5 rings (SSSR count). The zero-order valence-corrected chi connectivity index (χ0v) is 26.1. The highest BCUT2D eigenvalue weighted by Gasteiger charge is 2.30. The molecule has 0 aromatic heterocycles. The minimum absolute atomic E-state index is 0.320. The van der Waals surface area contributed by atoms with Crippen LogP contribution in [0.2, 0.25) is 0 Å². The molecular formula is C36H56N2O4. The number of carbonyl (C=O) groups excluding carboxylic acids is 2. The molecule has 0 N–H and O–H groups in total. The molecule has 0 heterocycles. The average molecular weight is 581 g/mol. The van der Waals surface area contributed by atoms with Gasteiger partial charge in [-0.05, 0) is 63.5 Å². The predicted molar refractivity (Wildman–Crippen MR) is 168 cm³/mol. The highest BCUT2D eigenvalue weighted by molar-refractivity contribution is 6.03. The first-order valence-electron chi connectivity index (χ1n) is 17.7. The molecule has 0 saturated heterocycles. The lowest BCUT2D eigenvalue weighted by atomic mass is 9.88. The van der Waals surface area contributed by atoms with Crippen molar-refractivity contribution in [3.05, 3.63) is 35.4 Å². The van der Waals surface area contributed by atoms with Gasteiger partial charge in [-0.3, -0.25) is 9.80 Å². The number of esters is 2. The van der Waals surface area contributed by atoms with Gasteiger partial charge in [0.25, 0.3) is 0 Å². The highest BCUT2D eigenvalue weighted by Crippen LogP contribution is 2.31. The lowest BCUT2D eigenvalue weighted by Gasteiger charge is -2.41. The summed E-state index contributed by atoms with van der Waals surface area (Å²) in [7, 11) is 0. The highest BCUT2D eigenvalue weighted by atomic mass is 16.5. The summed E-state index contributed by atoms with van der Waals surface area (Å²) in [6.45, 7) is 2.30. The number of hydrogen-bond acceptors (Lipinski definition) is 6. The number of rotatable bonds is 12. The Bertz CT molecular complexity index is 846. The molecule has 0 unspecified atom stereocenters. The summed E-state index contributed by atoms with van der Waals surface area (Å²) in [6.07, 6.45) is 25.9. The number of carbonyl (C=O) groups is 2. The summed E-state index contributed by atoms with van der Waals surface area (Å²) in [4.78, 5) is 31.8. The summed E-state index contributed by atoms with van der Waals surface area (Å²) in [6, 6.07) is 9.48. The summed E-state index contributed by atoms with van der Waals surface area (Å²) in [5.74, 6) is -0.832. The fraction of sp³-hybridized carbons (Fsp3) is 0.778. The summed E-state index contributed by atoms with van der Waals surface area (Å²) < 4.78 is 11.7. The molecule has 0 amide bonds. The van der Waals surface area contributed by atoms with Crippen LogP contribution < -0.4 is 0 Å². The Hall–Kier alpha value is -1.92. The number of benzene rings is 1. The molecule has 1 aromatic carbocycles. The van der Waals surface area contributed by atoms with Gasteiger partial charge in [-0.2, -0.15) is 0 Å². The largest absolute Gasteiger partial charge is 0.461 e. The van der Waals surface area contributed by atoms with Gasteiger partial charge in [-0.15, -0.1) is 0 Å². The Morgan fingerprint density at radius 1 is 0.500 bits per heavy atom. The molecule has 0 spiro atoms. The van der Waals surface area contributed by atoms with Crippen molar-refractivity contribution in [1.82, 2.24) is 9.80 Å². The number of nitrogens with zero attached hydrogens (tertiary/aromatic N) is 2. The Morgan fingerprint density at radius 3 is 1.07 bits per heavy atom.